The SMILES string of the molecule is Cl.N#Cc1ccc(OCCCC[C@H](N)CS)cc1. The highest BCUT2D eigenvalue weighted by Crippen LogP contribution is 2.12. The topological polar surface area (TPSA) is 59.0 Å². The summed E-state index contributed by atoms with van der Waals surface area (Å²) in [6, 6.07) is 9.41. The molecule has 0 saturated carbocycles. The zero-order valence-electron chi connectivity index (χ0n) is 10.2. The van der Waals surface area contributed by atoms with Gasteiger partial charge in [-0.25, -0.2) is 0 Å². The number of nitrogens with two attached hydrogens (primary N) is 1. The summed E-state index contributed by atoms with van der Waals surface area (Å²) >= 11 is 4.13. The first-order valence-electron chi connectivity index (χ1n) is 5.75. The second-order valence-electron chi connectivity index (χ2n) is 3.92. The lowest BCUT2D eigenvalue weighted by Gasteiger charge is -2.08. The molecule has 0 aliphatic heterocycles. The maximum Gasteiger partial charge on any atom is 0.119 e. The van der Waals surface area contributed by atoms with Crippen molar-refractivity contribution in [1.29, 1.82) is 5.26 Å². The lowest BCUT2D eigenvalue weighted by Crippen LogP contribution is -2.21. The van der Waals surface area contributed by atoms with Gasteiger partial charge in [-0.2, -0.15) is 17.9 Å². The van der Waals surface area contributed by atoms with Crippen LogP contribution in [-0.2, 0) is 0 Å². The molecule has 1 atom stereocenters. The summed E-state index contributed by atoms with van der Waals surface area (Å²) in [5.41, 5.74) is 6.40. The molecule has 5 heteroatoms. The number of unbranched alkanes of at least 4 members (excludes halogenated alkanes) is 1. The third-order valence-electron chi connectivity index (χ3n) is 2.46. The summed E-state index contributed by atoms with van der Waals surface area (Å²) in [6.45, 7) is 0.686. The zero-order chi connectivity index (χ0) is 12.5. The van der Waals surface area contributed by atoms with Crippen LogP contribution in [0.3, 0.4) is 0 Å². The molecular weight excluding hydrogens is 268 g/mol. The molecule has 0 spiro atoms. The van der Waals surface area contributed by atoms with E-state index in [2.05, 4.69) is 18.7 Å². The Morgan fingerprint density at radius 3 is 2.50 bits per heavy atom. The first-order chi connectivity index (χ1) is 8.26. The largest absolute Gasteiger partial charge is 0.494 e. The Morgan fingerprint density at radius 2 is 1.94 bits per heavy atom. The number of thiol groups is 1. The van der Waals surface area contributed by atoms with Crippen molar-refractivity contribution in [1.82, 2.24) is 0 Å². The quantitative estimate of drug-likeness (QED) is 0.598. The molecule has 0 aliphatic rings. The molecule has 0 bridgehead atoms. The molecule has 0 aliphatic carbocycles. The Hall–Kier alpha value is -0.890. The van der Waals surface area contributed by atoms with Crippen molar-refractivity contribution >= 4 is 25.0 Å². The second-order valence-corrected chi connectivity index (χ2v) is 4.29. The summed E-state index contributed by atoms with van der Waals surface area (Å²) in [4.78, 5) is 0. The van der Waals surface area contributed by atoms with Gasteiger partial charge in [0.25, 0.3) is 0 Å². The van der Waals surface area contributed by atoms with Crippen molar-refractivity contribution in [2.75, 3.05) is 12.4 Å². The van der Waals surface area contributed by atoms with Gasteiger partial charge in [0.15, 0.2) is 0 Å². The fourth-order valence-electron chi connectivity index (χ4n) is 1.42. The van der Waals surface area contributed by atoms with E-state index in [4.69, 9.17) is 15.7 Å². The highest BCUT2D eigenvalue weighted by molar-refractivity contribution is 7.80. The molecule has 3 nitrogen and oxygen atoms in total. The van der Waals surface area contributed by atoms with Gasteiger partial charge in [0, 0.05) is 11.8 Å². The van der Waals surface area contributed by atoms with Gasteiger partial charge >= 0.3 is 0 Å². The van der Waals surface area contributed by atoms with Crippen LogP contribution >= 0.6 is 25.0 Å². The van der Waals surface area contributed by atoms with E-state index in [9.17, 15) is 0 Å². The molecule has 0 saturated heterocycles. The Kier molecular flexibility index (Phi) is 9.57. The minimum Gasteiger partial charge on any atom is -0.494 e. The number of hydrogen-bond donors (Lipinski definition) is 2. The average Bonchev–Trinajstić information content (AvgIpc) is 2.38. The van der Waals surface area contributed by atoms with E-state index in [0.29, 0.717) is 12.2 Å². The van der Waals surface area contributed by atoms with Gasteiger partial charge in [-0.1, -0.05) is 0 Å². The van der Waals surface area contributed by atoms with E-state index in [0.717, 1.165) is 30.8 Å². The fraction of sp³-hybridized carbons (Fsp3) is 0.462. The third kappa shape index (κ3) is 6.75. The van der Waals surface area contributed by atoms with Crippen LogP contribution in [-0.4, -0.2) is 18.4 Å². The molecule has 1 aromatic rings. The molecule has 1 rings (SSSR count). The van der Waals surface area contributed by atoms with E-state index < -0.39 is 0 Å². The van der Waals surface area contributed by atoms with Crippen LogP contribution in [0.5, 0.6) is 5.75 Å². The predicted octanol–water partition coefficient (Wildman–Crippen LogP) is 2.79. The first kappa shape index (κ1) is 17.1. The average molecular weight is 287 g/mol. The predicted molar refractivity (Wildman–Crippen MR) is 79.6 cm³/mol. The van der Waals surface area contributed by atoms with Gasteiger partial charge in [0.05, 0.1) is 18.2 Å². The van der Waals surface area contributed by atoms with E-state index >= 15 is 0 Å². The number of rotatable bonds is 7. The van der Waals surface area contributed by atoms with Crippen LogP contribution in [0.25, 0.3) is 0 Å². The number of benzene rings is 1. The van der Waals surface area contributed by atoms with Crippen LogP contribution in [0.1, 0.15) is 24.8 Å². The van der Waals surface area contributed by atoms with Crippen LogP contribution in [0.15, 0.2) is 24.3 Å². The minimum absolute atomic E-state index is 0. The molecule has 0 aromatic heterocycles. The van der Waals surface area contributed by atoms with Gasteiger partial charge in [-0.05, 0) is 43.5 Å². The highest BCUT2D eigenvalue weighted by Gasteiger charge is 1.99. The molecule has 0 unspecified atom stereocenters. The van der Waals surface area contributed by atoms with Crippen LogP contribution < -0.4 is 10.5 Å². The highest BCUT2D eigenvalue weighted by atomic mass is 35.5. The van der Waals surface area contributed by atoms with E-state index in [1.54, 1.807) is 12.1 Å². The molecule has 0 radical (unpaired) electrons. The van der Waals surface area contributed by atoms with E-state index in [1.165, 1.54) is 0 Å². The van der Waals surface area contributed by atoms with Crippen LogP contribution in [0.2, 0.25) is 0 Å². The van der Waals surface area contributed by atoms with Gasteiger partial charge in [0.2, 0.25) is 0 Å². The molecule has 1 aromatic carbocycles. The molecule has 2 N–H and O–H groups in total. The van der Waals surface area contributed by atoms with Gasteiger partial charge in [-0.3, -0.25) is 0 Å². The van der Waals surface area contributed by atoms with Crippen LogP contribution in [0.4, 0.5) is 0 Å². The Balaban J connectivity index is 0.00000289. The first-order valence-corrected chi connectivity index (χ1v) is 6.39. The summed E-state index contributed by atoms with van der Waals surface area (Å²) in [5, 5.41) is 8.64. The summed E-state index contributed by atoms with van der Waals surface area (Å²) in [6.07, 6.45) is 3.03. The number of hydrogen-bond acceptors (Lipinski definition) is 4. The fourth-order valence-corrected chi connectivity index (χ4v) is 1.60. The number of nitriles is 1. The number of halogens is 1. The van der Waals surface area contributed by atoms with Gasteiger partial charge < -0.3 is 10.5 Å². The molecule has 0 fully saturated rings. The Morgan fingerprint density at radius 1 is 1.28 bits per heavy atom. The molecule has 0 amide bonds. The smallest absolute Gasteiger partial charge is 0.119 e. The van der Waals surface area contributed by atoms with Crippen LogP contribution in [0, 0.1) is 11.3 Å². The van der Waals surface area contributed by atoms with Crippen molar-refractivity contribution in [2.45, 2.75) is 25.3 Å². The lowest BCUT2D eigenvalue weighted by molar-refractivity contribution is 0.304. The molecule has 100 valence electrons. The maximum absolute atomic E-state index is 8.64. The van der Waals surface area contributed by atoms with Gasteiger partial charge in [0.1, 0.15) is 5.75 Å². The van der Waals surface area contributed by atoms with E-state index in [-0.39, 0.29) is 18.4 Å². The van der Waals surface area contributed by atoms with Crippen molar-refractivity contribution in [2.24, 2.45) is 5.73 Å². The minimum atomic E-state index is 0. The lowest BCUT2D eigenvalue weighted by atomic mass is 10.1. The Labute approximate surface area is 120 Å². The monoisotopic (exact) mass is 286 g/mol. The summed E-state index contributed by atoms with van der Waals surface area (Å²) < 4.78 is 5.55. The molecular formula is C13H19ClN2OS. The summed E-state index contributed by atoms with van der Waals surface area (Å²) in [5.74, 6) is 1.54. The standard InChI is InChI=1S/C13H18N2OS.ClH/c14-9-11-4-6-13(7-5-11)16-8-2-1-3-12(15)10-17;/h4-7,12,17H,1-3,8,10,15H2;1H/t12-;/m0./s1. The molecule has 0 heterocycles. The van der Waals surface area contributed by atoms with Crippen molar-refractivity contribution < 1.29 is 4.74 Å². The maximum atomic E-state index is 8.64. The number of ether oxygens (including phenoxy) is 1. The normalized spacial score (nSPS) is 11.2. The van der Waals surface area contributed by atoms with Crippen molar-refractivity contribution in [3.63, 3.8) is 0 Å². The second kappa shape index (κ2) is 10.1. The Bertz CT molecular complexity index is 364. The molecule has 18 heavy (non-hydrogen) atoms. The number of nitrogens with zero attached hydrogens (tertiary/aromatic N) is 1. The van der Waals surface area contributed by atoms with Crippen molar-refractivity contribution in [3.05, 3.63) is 29.8 Å². The summed E-state index contributed by atoms with van der Waals surface area (Å²) in [7, 11) is 0. The zero-order valence-corrected chi connectivity index (χ0v) is 11.9. The third-order valence-corrected chi connectivity index (χ3v) is 2.92. The van der Waals surface area contributed by atoms with Gasteiger partial charge in [-0.15, -0.1) is 12.4 Å². The van der Waals surface area contributed by atoms with E-state index in [1.807, 2.05) is 12.1 Å². The van der Waals surface area contributed by atoms with Crippen molar-refractivity contribution in [3.8, 4) is 11.8 Å².